The number of hydrogen-bond donors (Lipinski definition) is 1. The molecule has 1 N–H and O–H groups in total. The third kappa shape index (κ3) is 3.99. The van der Waals surface area contributed by atoms with E-state index >= 15 is 0 Å². The van der Waals surface area contributed by atoms with E-state index < -0.39 is 6.10 Å². The van der Waals surface area contributed by atoms with Crippen LogP contribution < -0.4 is 14.8 Å². The number of carbonyl (C=O) groups excluding carboxylic acids is 1. The van der Waals surface area contributed by atoms with E-state index in [1.165, 1.54) is 37.9 Å². The van der Waals surface area contributed by atoms with E-state index in [4.69, 9.17) is 9.47 Å². The number of nitrogens with zero attached hydrogens (tertiary/aromatic N) is 1. The van der Waals surface area contributed by atoms with Gasteiger partial charge in [-0.3, -0.25) is 9.69 Å². The van der Waals surface area contributed by atoms with Crippen LogP contribution in [0, 0.1) is 0 Å². The van der Waals surface area contributed by atoms with Gasteiger partial charge in [0.25, 0.3) is 5.91 Å². The second-order valence-electron chi connectivity index (χ2n) is 6.89. The topological polar surface area (TPSA) is 50.8 Å². The van der Waals surface area contributed by atoms with Crippen molar-refractivity contribution in [2.45, 2.75) is 31.9 Å². The first-order chi connectivity index (χ1) is 12.8. The fourth-order valence-electron chi connectivity index (χ4n) is 3.44. The molecular weight excluding hydrogens is 328 g/mol. The van der Waals surface area contributed by atoms with Crippen molar-refractivity contribution in [2.24, 2.45) is 0 Å². The molecule has 2 aliphatic heterocycles. The maximum atomic E-state index is 12.5. The van der Waals surface area contributed by atoms with Gasteiger partial charge < -0.3 is 14.8 Å². The lowest BCUT2D eigenvalue weighted by atomic mass is 10.1. The Balaban J connectivity index is 1.33. The molecule has 0 aromatic heterocycles. The number of piperidine rings is 1. The van der Waals surface area contributed by atoms with Gasteiger partial charge in [-0.05, 0) is 55.8 Å². The lowest BCUT2D eigenvalue weighted by Crippen LogP contribution is -2.40. The summed E-state index contributed by atoms with van der Waals surface area (Å²) >= 11 is 0. The molecule has 0 aliphatic carbocycles. The van der Waals surface area contributed by atoms with Crippen LogP contribution in [-0.2, 0) is 11.3 Å². The summed E-state index contributed by atoms with van der Waals surface area (Å²) in [6, 6.07) is 15.5. The Morgan fingerprint density at radius 2 is 1.73 bits per heavy atom. The van der Waals surface area contributed by atoms with Gasteiger partial charge in [-0.1, -0.05) is 30.7 Å². The van der Waals surface area contributed by atoms with Gasteiger partial charge in [0.1, 0.15) is 6.61 Å². The number of ether oxygens (including phenoxy) is 2. The van der Waals surface area contributed by atoms with Gasteiger partial charge in [0.05, 0.1) is 0 Å². The summed E-state index contributed by atoms with van der Waals surface area (Å²) in [4.78, 5) is 14.9. The molecule has 0 saturated carbocycles. The summed E-state index contributed by atoms with van der Waals surface area (Å²) in [6.45, 7) is 3.55. The SMILES string of the molecule is O=C(Nc1ccc(CN2CCCCC2)cc1)C1COc2ccccc2O1. The summed E-state index contributed by atoms with van der Waals surface area (Å²) in [6.07, 6.45) is 3.29. The van der Waals surface area contributed by atoms with Crippen LogP contribution in [-0.4, -0.2) is 36.6 Å². The van der Waals surface area contributed by atoms with Gasteiger partial charge in [0, 0.05) is 12.2 Å². The number of para-hydroxylation sites is 2. The summed E-state index contributed by atoms with van der Waals surface area (Å²) in [5.74, 6) is 1.10. The average Bonchev–Trinajstić information content (AvgIpc) is 2.70. The van der Waals surface area contributed by atoms with Gasteiger partial charge in [0.2, 0.25) is 6.10 Å². The zero-order valence-electron chi connectivity index (χ0n) is 14.8. The standard InChI is InChI=1S/C21H24N2O3/c24-21(20-15-25-18-6-2-3-7-19(18)26-20)22-17-10-8-16(9-11-17)14-23-12-4-1-5-13-23/h2-3,6-11,20H,1,4-5,12-15H2,(H,22,24). The summed E-state index contributed by atoms with van der Waals surface area (Å²) in [5.41, 5.74) is 2.05. The number of benzene rings is 2. The predicted molar refractivity (Wildman–Crippen MR) is 101 cm³/mol. The normalized spacial score (nSPS) is 19.8. The lowest BCUT2D eigenvalue weighted by molar-refractivity contribution is -0.125. The third-order valence-electron chi connectivity index (χ3n) is 4.88. The van der Waals surface area contributed by atoms with Gasteiger partial charge in [-0.25, -0.2) is 0 Å². The van der Waals surface area contributed by atoms with E-state index in [2.05, 4.69) is 22.3 Å². The summed E-state index contributed by atoms with van der Waals surface area (Å²) < 4.78 is 11.4. The summed E-state index contributed by atoms with van der Waals surface area (Å²) in [5, 5.41) is 2.92. The highest BCUT2D eigenvalue weighted by Gasteiger charge is 2.27. The van der Waals surface area contributed by atoms with E-state index in [0.717, 1.165) is 12.2 Å². The molecule has 1 unspecified atom stereocenters. The Kier molecular flexibility index (Phi) is 5.07. The van der Waals surface area contributed by atoms with Crippen molar-refractivity contribution in [2.75, 3.05) is 25.0 Å². The molecule has 136 valence electrons. The first-order valence-corrected chi connectivity index (χ1v) is 9.28. The number of nitrogens with one attached hydrogen (secondary N) is 1. The molecule has 5 heteroatoms. The fourth-order valence-corrected chi connectivity index (χ4v) is 3.44. The van der Waals surface area contributed by atoms with E-state index in [1.54, 1.807) is 0 Å². The molecule has 1 atom stereocenters. The van der Waals surface area contributed by atoms with Crippen LogP contribution in [0.25, 0.3) is 0 Å². The molecule has 1 amide bonds. The van der Waals surface area contributed by atoms with Crippen molar-refractivity contribution < 1.29 is 14.3 Å². The molecule has 0 radical (unpaired) electrons. The average molecular weight is 352 g/mol. The molecule has 4 rings (SSSR count). The first-order valence-electron chi connectivity index (χ1n) is 9.28. The van der Waals surface area contributed by atoms with Crippen LogP contribution in [0.2, 0.25) is 0 Å². The van der Waals surface area contributed by atoms with Gasteiger partial charge in [-0.15, -0.1) is 0 Å². The van der Waals surface area contributed by atoms with Crippen molar-refractivity contribution >= 4 is 11.6 Å². The van der Waals surface area contributed by atoms with E-state index in [1.807, 2.05) is 36.4 Å². The third-order valence-corrected chi connectivity index (χ3v) is 4.88. The largest absolute Gasteiger partial charge is 0.485 e. The van der Waals surface area contributed by atoms with E-state index in [-0.39, 0.29) is 12.5 Å². The number of fused-ring (bicyclic) bond motifs is 1. The number of likely N-dealkylation sites (tertiary alicyclic amines) is 1. The predicted octanol–water partition coefficient (Wildman–Crippen LogP) is 3.45. The Hall–Kier alpha value is -2.53. The number of anilines is 1. The lowest BCUT2D eigenvalue weighted by Gasteiger charge is -2.26. The van der Waals surface area contributed by atoms with Crippen molar-refractivity contribution in [1.29, 1.82) is 0 Å². The van der Waals surface area contributed by atoms with Gasteiger partial charge in [-0.2, -0.15) is 0 Å². The van der Waals surface area contributed by atoms with Crippen molar-refractivity contribution in [1.82, 2.24) is 4.90 Å². The van der Waals surface area contributed by atoms with E-state index in [0.29, 0.717) is 11.5 Å². The van der Waals surface area contributed by atoms with E-state index in [9.17, 15) is 4.79 Å². The number of hydrogen-bond acceptors (Lipinski definition) is 4. The Bertz CT molecular complexity index is 754. The minimum absolute atomic E-state index is 0.191. The number of rotatable bonds is 4. The molecule has 2 aromatic carbocycles. The first kappa shape index (κ1) is 16.9. The van der Waals surface area contributed by atoms with Crippen LogP contribution in [0.15, 0.2) is 48.5 Å². The second kappa shape index (κ2) is 7.79. The molecule has 2 aliphatic rings. The van der Waals surface area contributed by atoms with Crippen LogP contribution in [0.1, 0.15) is 24.8 Å². The minimum atomic E-state index is -0.641. The smallest absolute Gasteiger partial charge is 0.269 e. The molecule has 1 saturated heterocycles. The molecule has 26 heavy (non-hydrogen) atoms. The number of amides is 1. The quantitative estimate of drug-likeness (QED) is 0.916. The molecule has 2 aromatic rings. The minimum Gasteiger partial charge on any atom is -0.485 e. The molecule has 1 fully saturated rings. The monoisotopic (exact) mass is 352 g/mol. The highest BCUT2D eigenvalue weighted by molar-refractivity contribution is 5.94. The van der Waals surface area contributed by atoms with Crippen LogP contribution in [0.4, 0.5) is 5.69 Å². The fraction of sp³-hybridized carbons (Fsp3) is 0.381. The zero-order chi connectivity index (χ0) is 17.8. The number of carbonyl (C=O) groups is 1. The van der Waals surface area contributed by atoms with Crippen LogP contribution >= 0.6 is 0 Å². The maximum absolute atomic E-state index is 12.5. The highest BCUT2D eigenvalue weighted by atomic mass is 16.6. The Labute approximate surface area is 153 Å². The Morgan fingerprint density at radius 1 is 1.00 bits per heavy atom. The van der Waals surface area contributed by atoms with Crippen molar-refractivity contribution in [3.05, 3.63) is 54.1 Å². The van der Waals surface area contributed by atoms with Crippen LogP contribution in [0.3, 0.4) is 0 Å². The molecule has 2 heterocycles. The Morgan fingerprint density at radius 3 is 2.50 bits per heavy atom. The highest BCUT2D eigenvalue weighted by Crippen LogP contribution is 2.31. The van der Waals surface area contributed by atoms with Gasteiger partial charge >= 0.3 is 0 Å². The molecule has 0 bridgehead atoms. The molecular formula is C21H24N2O3. The van der Waals surface area contributed by atoms with Crippen molar-refractivity contribution in [3.8, 4) is 11.5 Å². The molecule has 5 nitrogen and oxygen atoms in total. The van der Waals surface area contributed by atoms with Crippen molar-refractivity contribution in [3.63, 3.8) is 0 Å². The maximum Gasteiger partial charge on any atom is 0.269 e. The molecule has 0 spiro atoms. The summed E-state index contributed by atoms with van der Waals surface area (Å²) in [7, 11) is 0. The van der Waals surface area contributed by atoms with Crippen LogP contribution in [0.5, 0.6) is 11.5 Å². The zero-order valence-corrected chi connectivity index (χ0v) is 14.8. The second-order valence-corrected chi connectivity index (χ2v) is 6.89. The van der Waals surface area contributed by atoms with Gasteiger partial charge in [0.15, 0.2) is 11.5 Å².